The molecule has 3 amide bonds. The molecule has 0 aliphatic carbocycles. The van der Waals surface area contributed by atoms with E-state index in [0.29, 0.717) is 30.9 Å². The van der Waals surface area contributed by atoms with Crippen molar-refractivity contribution in [3.63, 3.8) is 0 Å². The predicted octanol–water partition coefficient (Wildman–Crippen LogP) is 4.04. The van der Waals surface area contributed by atoms with E-state index in [2.05, 4.69) is 35.5 Å². The summed E-state index contributed by atoms with van der Waals surface area (Å²) in [6.07, 6.45) is 3.79. The molecule has 2 aliphatic rings. The van der Waals surface area contributed by atoms with Gasteiger partial charge >= 0.3 is 0 Å². The Balaban J connectivity index is 1.47. The first-order valence-corrected chi connectivity index (χ1v) is 14.4. The van der Waals surface area contributed by atoms with E-state index in [1.807, 2.05) is 48.7 Å². The van der Waals surface area contributed by atoms with Crippen LogP contribution in [0.5, 0.6) is 0 Å². The lowest BCUT2D eigenvalue weighted by molar-refractivity contribution is -0.132. The summed E-state index contributed by atoms with van der Waals surface area (Å²) in [5, 5.41) is 7.08. The second kappa shape index (κ2) is 10.6. The van der Waals surface area contributed by atoms with E-state index >= 15 is 0 Å². The first-order chi connectivity index (χ1) is 17.9. The number of carbonyl (C=O) groups is 3. The summed E-state index contributed by atoms with van der Waals surface area (Å²) >= 11 is 1.64. The average molecular weight is 519 g/mol. The largest absolute Gasteiger partial charge is 0.356 e. The van der Waals surface area contributed by atoms with Crippen LogP contribution in [0.1, 0.15) is 59.9 Å². The number of amides is 3. The fourth-order valence-corrected chi connectivity index (χ4v) is 5.99. The second-order valence-electron chi connectivity index (χ2n) is 10.3. The van der Waals surface area contributed by atoms with Gasteiger partial charge in [0.25, 0.3) is 5.91 Å². The van der Waals surface area contributed by atoms with Crippen molar-refractivity contribution in [3.8, 4) is 0 Å². The zero-order valence-corrected chi connectivity index (χ0v) is 22.4. The summed E-state index contributed by atoms with van der Waals surface area (Å²) in [4.78, 5) is 45.8. The number of nitrogens with zero attached hydrogens (tertiary/aromatic N) is 1. The van der Waals surface area contributed by atoms with E-state index in [-0.39, 0.29) is 23.8 Å². The molecule has 2 aromatic carbocycles. The van der Waals surface area contributed by atoms with Gasteiger partial charge in [0.1, 0.15) is 12.1 Å². The summed E-state index contributed by atoms with van der Waals surface area (Å²) in [5.74, 6) is 0.627. The maximum atomic E-state index is 13.9. The number of hydrogen-bond acceptors (Lipinski definition) is 4. The van der Waals surface area contributed by atoms with Gasteiger partial charge in [-0.3, -0.25) is 14.4 Å². The highest BCUT2D eigenvalue weighted by Crippen LogP contribution is 2.46. The van der Waals surface area contributed by atoms with Gasteiger partial charge in [-0.05, 0) is 54.0 Å². The van der Waals surface area contributed by atoms with E-state index in [9.17, 15) is 14.4 Å². The van der Waals surface area contributed by atoms with Crippen molar-refractivity contribution in [2.24, 2.45) is 5.92 Å². The Morgan fingerprint density at radius 2 is 1.86 bits per heavy atom. The van der Waals surface area contributed by atoms with Crippen LogP contribution in [0, 0.1) is 5.92 Å². The molecule has 3 heterocycles. The van der Waals surface area contributed by atoms with Crippen LogP contribution in [-0.4, -0.2) is 58.2 Å². The number of benzene rings is 2. The molecule has 8 heteroatoms. The number of carbonyl (C=O) groups excluding carboxylic acids is 3. The zero-order chi connectivity index (χ0) is 26.1. The third-order valence-corrected chi connectivity index (χ3v) is 8.06. The van der Waals surface area contributed by atoms with Crippen LogP contribution in [0.3, 0.4) is 0 Å². The average Bonchev–Trinajstić information content (AvgIpc) is 3.41. The maximum absolute atomic E-state index is 13.9. The molecule has 0 spiro atoms. The van der Waals surface area contributed by atoms with E-state index in [0.717, 1.165) is 39.9 Å². The van der Waals surface area contributed by atoms with Gasteiger partial charge < -0.3 is 20.5 Å². The summed E-state index contributed by atoms with van der Waals surface area (Å²) in [6, 6.07) is 13.9. The normalized spacial score (nSPS) is 18.9. The van der Waals surface area contributed by atoms with Crippen LogP contribution in [0.15, 0.2) is 48.5 Å². The molecule has 37 heavy (non-hydrogen) atoms. The van der Waals surface area contributed by atoms with Crippen molar-refractivity contribution in [3.05, 3.63) is 70.9 Å². The Kier molecular flexibility index (Phi) is 7.29. The molecule has 2 aliphatic heterocycles. The highest BCUT2D eigenvalue weighted by molar-refractivity contribution is 7.98. The number of thioether (sulfide) groups is 1. The molecular weight excluding hydrogens is 484 g/mol. The Bertz CT molecular complexity index is 1330. The van der Waals surface area contributed by atoms with E-state index < -0.39 is 12.1 Å². The molecule has 5 rings (SSSR count). The molecule has 7 nitrogen and oxygen atoms in total. The van der Waals surface area contributed by atoms with Crippen LogP contribution >= 0.6 is 11.8 Å². The van der Waals surface area contributed by atoms with E-state index in [1.165, 1.54) is 0 Å². The van der Waals surface area contributed by atoms with Gasteiger partial charge in [-0.2, -0.15) is 11.8 Å². The van der Waals surface area contributed by atoms with Gasteiger partial charge in [0.05, 0.1) is 6.04 Å². The minimum Gasteiger partial charge on any atom is -0.356 e. The SMILES string of the molecule is CSCC[C@H](NC(=O)[C@@H]1Cc2c([nH]c3ccccc23)[C@@H]2c3ccccc3C(=O)N21)C(=O)NCCC(C)C. The number of hydrogen-bond donors (Lipinski definition) is 3. The topological polar surface area (TPSA) is 94.3 Å². The molecule has 194 valence electrons. The molecule has 0 saturated carbocycles. The minimum absolute atomic E-state index is 0.146. The molecule has 0 bridgehead atoms. The van der Waals surface area contributed by atoms with Crippen LogP contribution in [-0.2, 0) is 16.0 Å². The lowest BCUT2D eigenvalue weighted by Crippen LogP contribution is -2.56. The van der Waals surface area contributed by atoms with Crippen molar-refractivity contribution in [1.82, 2.24) is 20.5 Å². The Hall–Kier alpha value is -3.26. The van der Waals surface area contributed by atoms with Gasteiger partial charge in [-0.15, -0.1) is 0 Å². The molecule has 3 aromatic rings. The van der Waals surface area contributed by atoms with Crippen LogP contribution in [0.4, 0.5) is 0 Å². The number of H-pyrrole nitrogens is 1. The fraction of sp³-hybridized carbons (Fsp3) is 0.414. The number of aromatic amines is 1. The highest BCUT2D eigenvalue weighted by Gasteiger charge is 2.49. The van der Waals surface area contributed by atoms with Crippen LogP contribution in [0.25, 0.3) is 10.9 Å². The Labute approximate surface area is 221 Å². The Morgan fingerprint density at radius 1 is 1.11 bits per heavy atom. The molecule has 1 aromatic heterocycles. The third kappa shape index (κ3) is 4.75. The lowest BCUT2D eigenvalue weighted by Gasteiger charge is -2.37. The highest BCUT2D eigenvalue weighted by atomic mass is 32.2. The summed E-state index contributed by atoms with van der Waals surface area (Å²) in [5.41, 5.74) is 4.55. The van der Waals surface area contributed by atoms with Crippen LogP contribution < -0.4 is 10.6 Å². The first kappa shape index (κ1) is 25.4. The van der Waals surface area contributed by atoms with Gasteiger partial charge in [0.2, 0.25) is 11.8 Å². The summed E-state index contributed by atoms with van der Waals surface area (Å²) < 4.78 is 0. The molecule has 3 N–H and O–H groups in total. The van der Waals surface area contributed by atoms with E-state index in [1.54, 1.807) is 16.7 Å². The Morgan fingerprint density at radius 3 is 2.65 bits per heavy atom. The van der Waals surface area contributed by atoms with Gasteiger partial charge in [0.15, 0.2) is 0 Å². The van der Waals surface area contributed by atoms with Crippen molar-refractivity contribution in [2.75, 3.05) is 18.6 Å². The third-order valence-electron chi connectivity index (χ3n) is 7.42. The van der Waals surface area contributed by atoms with Crippen molar-refractivity contribution >= 4 is 40.4 Å². The maximum Gasteiger partial charge on any atom is 0.255 e. The number of fused-ring (bicyclic) bond motifs is 7. The summed E-state index contributed by atoms with van der Waals surface area (Å²) in [7, 11) is 0. The van der Waals surface area contributed by atoms with E-state index in [4.69, 9.17) is 0 Å². The molecule has 3 atom stereocenters. The van der Waals surface area contributed by atoms with Crippen molar-refractivity contribution < 1.29 is 14.4 Å². The summed E-state index contributed by atoms with van der Waals surface area (Å²) in [6.45, 7) is 4.80. The fourth-order valence-electron chi connectivity index (χ4n) is 5.52. The standard InChI is InChI=1S/C29H34N4O3S/c1-17(2)12-14-30-27(34)23(13-15-37-3)32-28(35)24-16-21-18-8-6-7-11-22(18)31-25(21)26-19-9-4-5-10-20(19)29(36)33(24)26/h4-11,17,23-24,26,31H,12-16H2,1-3H3,(H,30,34)(H,32,35)/t23-,24-,26-/m0/s1. The second-order valence-corrected chi connectivity index (χ2v) is 11.3. The number of rotatable bonds is 9. The molecule has 0 fully saturated rings. The smallest absolute Gasteiger partial charge is 0.255 e. The molecule has 0 unspecified atom stereocenters. The van der Waals surface area contributed by atoms with Crippen molar-refractivity contribution in [2.45, 2.75) is 51.2 Å². The quantitative estimate of drug-likeness (QED) is 0.399. The molecule has 0 saturated heterocycles. The van der Waals surface area contributed by atoms with Gasteiger partial charge in [-0.25, -0.2) is 0 Å². The molecule has 0 radical (unpaired) electrons. The van der Waals surface area contributed by atoms with Crippen LogP contribution in [0.2, 0.25) is 0 Å². The lowest BCUT2D eigenvalue weighted by atomic mass is 9.89. The number of para-hydroxylation sites is 1. The van der Waals surface area contributed by atoms with Gasteiger partial charge in [-0.1, -0.05) is 50.2 Å². The zero-order valence-electron chi connectivity index (χ0n) is 21.5. The number of nitrogens with one attached hydrogen (secondary N) is 3. The first-order valence-electron chi connectivity index (χ1n) is 13.0. The predicted molar refractivity (Wildman–Crippen MR) is 148 cm³/mol. The number of aromatic nitrogens is 1. The monoisotopic (exact) mass is 518 g/mol. The van der Waals surface area contributed by atoms with Gasteiger partial charge in [0, 0.05) is 35.1 Å². The molecular formula is C29H34N4O3S. The van der Waals surface area contributed by atoms with Crippen molar-refractivity contribution in [1.29, 1.82) is 0 Å². The minimum atomic E-state index is -0.711.